The van der Waals surface area contributed by atoms with E-state index in [1.807, 2.05) is 0 Å². The first kappa shape index (κ1) is 16.4. The van der Waals surface area contributed by atoms with Crippen LogP contribution in [0.5, 0.6) is 0 Å². The maximum absolute atomic E-state index is 12.0. The maximum Gasteiger partial charge on any atom is 0.261 e. The number of halogens is 1. The number of hydrogen-bond acceptors (Lipinski definition) is 5. The molecule has 0 aliphatic heterocycles. The van der Waals surface area contributed by atoms with E-state index in [1.165, 1.54) is 25.3 Å². The van der Waals surface area contributed by atoms with E-state index in [4.69, 9.17) is 15.4 Å². The smallest absolute Gasteiger partial charge is 0.261 e. The fourth-order valence-electron chi connectivity index (χ4n) is 1.41. The molecule has 6 nitrogen and oxygen atoms in total. The zero-order valence-electron chi connectivity index (χ0n) is 10.3. The van der Waals surface area contributed by atoms with E-state index in [0.29, 0.717) is 0 Å². The molecular weight excluding hydrogens is 314 g/mol. The van der Waals surface area contributed by atoms with Crippen molar-refractivity contribution in [3.05, 3.63) is 24.3 Å². The number of rotatable bonds is 6. The minimum Gasteiger partial charge on any atom is -0.383 e. The van der Waals surface area contributed by atoms with Crippen molar-refractivity contribution in [2.75, 3.05) is 13.7 Å². The predicted octanol–water partition coefficient (Wildman–Crippen LogP) is 0.927. The third-order valence-corrected chi connectivity index (χ3v) is 5.11. The van der Waals surface area contributed by atoms with Gasteiger partial charge >= 0.3 is 0 Å². The monoisotopic (exact) mass is 327 g/mol. The van der Waals surface area contributed by atoms with Crippen LogP contribution in [-0.2, 0) is 23.8 Å². The highest BCUT2D eigenvalue weighted by molar-refractivity contribution is 8.13. The number of ether oxygens (including phenoxy) is 1. The average Bonchev–Trinajstić information content (AvgIpc) is 2.27. The van der Waals surface area contributed by atoms with Crippen LogP contribution < -0.4 is 4.72 Å². The normalized spacial score (nSPS) is 14.3. The number of methoxy groups -OCH3 is 1. The molecule has 1 atom stereocenters. The zero-order chi connectivity index (χ0) is 14.7. The van der Waals surface area contributed by atoms with Crippen LogP contribution in [0.15, 0.2) is 34.1 Å². The van der Waals surface area contributed by atoms with Gasteiger partial charge in [0.25, 0.3) is 9.05 Å². The van der Waals surface area contributed by atoms with Crippen LogP contribution in [0, 0.1) is 0 Å². The molecule has 0 aliphatic carbocycles. The second-order valence-electron chi connectivity index (χ2n) is 3.89. The fraction of sp³-hybridized carbons (Fsp3) is 0.400. The van der Waals surface area contributed by atoms with Gasteiger partial charge in [0.2, 0.25) is 10.0 Å². The van der Waals surface area contributed by atoms with Crippen LogP contribution in [0.2, 0.25) is 0 Å². The van der Waals surface area contributed by atoms with Crippen molar-refractivity contribution >= 4 is 29.8 Å². The first-order valence-electron chi connectivity index (χ1n) is 5.23. The summed E-state index contributed by atoms with van der Waals surface area (Å²) in [6, 6.07) is 4.38. The van der Waals surface area contributed by atoms with E-state index in [2.05, 4.69) is 4.72 Å². The van der Waals surface area contributed by atoms with Gasteiger partial charge in [-0.05, 0) is 25.1 Å². The fourth-order valence-corrected chi connectivity index (χ4v) is 3.56. The van der Waals surface area contributed by atoms with Crippen molar-refractivity contribution in [2.24, 2.45) is 0 Å². The van der Waals surface area contributed by atoms with Crippen LogP contribution in [0.3, 0.4) is 0 Å². The molecule has 0 fully saturated rings. The molecule has 0 bridgehead atoms. The molecule has 108 valence electrons. The van der Waals surface area contributed by atoms with Gasteiger partial charge in [0.1, 0.15) is 0 Å². The highest BCUT2D eigenvalue weighted by Gasteiger charge is 2.20. The molecule has 1 aromatic carbocycles. The lowest BCUT2D eigenvalue weighted by atomic mass is 10.4. The highest BCUT2D eigenvalue weighted by Crippen LogP contribution is 2.19. The van der Waals surface area contributed by atoms with Gasteiger partial charge in [-0.3, -0.25) is 0 Å². The Balaban J connectivity index is 3.09. The molecule has 1 N–H and O–H groups in total. The quantitative estimate of drug-likeness (QED) is 0.785. The lowest BCUT2D eigenvalue weighted by molar-refractivity contribution is 0.180. The average molecular weight is 328 g/mol. The van der Waals surface area contributed by atoms with Crippen LogP contribution in [0.25, 0.3) is 0 Å². The first-order valence-corrected chi connectivity index (χ1v) is 9.02. The standard InChI is InChI=1S/C10H14ClNO5S2/c1-8(7-17-2)12-19(15,16)10-5-3-4-9(6-10)18(11,13)14/h3-6,8,12H,7H2,1-2H3. The number of hydrogen-bond donors (Lipinski definition) is 1. The molecule has 0 heterocycles. The molecule has 0 aliphatic rings. The second kappa shape index (κ2) is 6.19. The summed E-state index contributed by atoms with van der Waals surface area (Å²) in [4.78, 5) is -0.436. The summed E-state index contributed by atoms with van der Waals surface area (Å²) in [7, 11) is -1.16. The van der Waals surface area contributed by atoms with E-state index in [1.54, 1.807) is 6.92 Å². The molecule has 0 saturated carbocycles. The molecule has 0 saturated heterocycles. The van der Waals surface area contributed by atoms with Gasteiger partial charge in [0.15, 0.2) is 0 Å². The lowest BCUT2D eigenvalue weighted by Gasteiger charge is -2.13. The third kappa shape index (κ3) is 4.73. The summed E-state index contributed by atoms with van der Waals surface area (Å²) in [5.41, 5.74) is 0. The summed E-state index contributed by atoms with van der Waals surface area (Å²) in [5, 5.41) is 0. The van der Waals surface area contributed by atoms with Crippen LogP contribution in [0.4, 0.5) is 0 Å². The van der Waals surface area contributed by atoms with Gasteiger partial charge in [-0.25, -0.2) is 21.6 Å². The molecule has 1 rings (SSSR count). The molecule has 0 radical (unpaired) electrons. The molecule has 1 unspecified atom stereocenters. The van der Waals surface area contributed by atoms with Crippen LogP contribution in [0.1, 0.15) is 6.92 Å². The Bertz CT molecular complexity index is 642. The summed E-state index contributed by atoms with van der Waals surface area (Å²) in [5.74, 6) is 0. The molecular formula is C10H14ClNO5S2. The number of sulfonamides is 1. The van der Waals surface area contributed by atoms with Gasteiger partial charge < -0.3 is 4.74 Å². The van der Waals surface area contributed by atoms with E-state index in [9.17, 15) is 16.8 Å². The Morgan fingerprint density at radius 3 is 2.37 bits per heavy atom. The number of benzene rings is 1. The van der Waals surface area contributed by atoms with E-state index < -0.39 is 25.1 Å². The summed E-state index contributed by atoms with van der Waals surface area (Å²) >= 11 is 0. The molecule has 1 aromatic rings. The Hall–Kier alpha value is -0.670. The molecule has 19 heavy (non-hydrogen) atoms. The summed E-state index contributed by atoms with van der Waals surface area (Å²) < 4.78 is 53.5. The molecule has 0 spiro atoms. The minimum absolute atomic E-state index is 0.169. The highest BCUT2D eigenvalue weighted by atomic mass is 35.7. The van der Waals surface area contributed by atoms with Crippen LogP contribution in [-0.4, -0.2) is 36.6 Å². The summed E-state index contributed by atoms with van der Waals surface area (Å²) in [6.45, 7) is 1.83. The van der Waals surface area contributed by atoms with Gasteiger partial charge in [0.05, 0.1) is 16.4 Å². The van der Waals surface area contributed by atoms with Gasteiger partial charge in [0, 0.05) is 23.8 Å². The van der Waals surface area contributed by atoms with Gasteiger partial charge in [-0.15, -0.1) is 0 Å². The molecule has 9 heteroatoms. The zero-order valence-corrected chi connectivity index (χ0v) is 12.7. The predicted molar refractivity (Wildman–Crippen MR) is 71.1 cm³/mol. The Morgan fingerprint density at radius 2 is 1.84 bits per heavy atom. The van der Waals surface area contributed by atoms with E-state index in [0.717, 1.165) is 6.07 Å². The Morgan fingerprint density at radius 1 is 1.26 bits per heavy atom. The van der Waals surface area contributed by atoms with Crippen LogP contribution >= 0.6 is 10.7 Å². The SMILES string of the molecule is COCC(C)NS(=O)(=O)c1cccc(S(=O)(=O)Cl)c1. The van der Waals surface area contributed by atoms with Crippen molar-refractivity contribution in [3.8, 4) is 0 Å². The molecule has 0 amide bonds. The van der Waals surface area contributed by atoms with E-state index in [-0.39, 0.29) is 16.4 Å². The van der Waals surface area contributed by atoms with Crippen molar-refractivity contribution in [2.45, 2.75) is 22.8 Å². The Labute approximate surface area is 117 Å². The third-order valence-electron chi connectivity index (χ3n) is 2.17. The van der Waals surface area contributed by atoms with Crippen molar-refractivity contribution in [1.82, 2.24) is 4.72 Å². The topological polar surface area (TPSA) is 89.5 Å². The van der Waals surface area contributed by atoms with Crippen molar-refractivity contribution in [1.29, 1.82) is 0 Å². The van der Waals surface area contributed by atoms with E-state index >= 15 is 0 Å². The van der Waals surface area contributed by atoms with Gasteiger partial charge in [-0.2, -0.15) is 0 Å². The summed E-state index contributed by atoms with van der Waals surface area (Å²) in [6.07, 6.45) is 0. The minimum atomic E-state index is -3.97. The van der Waals surface area contributed by atoms with Gasteiger partial charge in [-0.1, -0.05) is 6.07 Å². The lowest BCUT2D eigenvalue weighted by Crippen LogP contribution is -2.35. The Kier molecular flexibility index (Phi) is 5.34. The largest absolute Gasteiger partial charge is 0.383 e. The first-order chi connectivity index (χ1) is 8.66. The van der Waals surface area contributed by atoms with Crippen molar-refractivity contribution < 1.29 is 21.6 Å². The van der Waals surface area contributed by atoms with Crippen molar-refractivity contribution in [3.63, 3.8) is 0 Å². The second-order valence-corrected chi connectivity index (χ2v) is 8.17. The maximum atomic E-state index is 12.0. The molecule has 0 aromatic heterocycles. The number of nitrogens with one attached hydrogen (secondary N) is 1.